The van der Waals surface area contributed by atoms with Crippen molar-refractivity contribution in [2.24, 2.45) is 5.73 Å². The van der Waals surface area contributed by atoms with E-state index in [1.165, 1.54) is 0 Å². The molecule has 0 bridgehead atoms. The molecule has 2 amide bonds. The van der Waals surface area contributed by atoms with Crippen LogP contribution < -0.4 is 15.8 Å². The Hall–Kier alpha value is -3.28. The fourth-order valence-electron chi connectivity index (χ4n) is 2.76. The molecule has 0 spiro atoms. The van der Waals surface area contributed by atoms with E-state index < -0.39 is 5.91 Å². The smallest absolute Gasteiger partial charge is 0.286 e. The van der Waals surface area contributed by atoms with Gasteiger partial charge in [-0.1, -0.05) is 24.3 Å². The summed E-state index contributed by atoms with van der Waals surface area (Å²) in [5, 5.41) is 3.38. The van der Waals surface area contributed by atoms with Crippen molar-refractivity contribution < 1.29 is 18.7 Å². The lowest BCUT2D eigenvalue weighted by Gasteiger charge is -2.08. The zero-order chi connectivity index (χ0) is 18.0. The van der Waals surface area contributed by atoms with Crippen LogP contribution in [0.25, 0.3) is 11.0 Å². The van der Waals surface area contributed by atoms with E-state index in [-0.39, 0.29) is 18.1 Å². The van der Waals surface area contributed by atoms with Crippen LogP contribution in [0.3, 0.4) is 0 Å². The minimum Gasteiger partial charge on any atom is -0.496 e. The number of furan rings is 1. The Balaban J connectivity index is 1.86. The van der Waals surface area contributed by atoms with Gasteiger partial charge in [0.25, 0.3) is 5.91 Å². The molecule has 6 heteroatoms. The highest BCUT2D eigenvalue weighted by atomic mass is 16.5. The molecule has 25 heavy (non-hydrogen) atoms. The number of hydrogen-bond acceptors (Lipinski definition) is 4. The highest BCUT2D eigenvalue weighted by Gasteiger charge is 2.20. The molecule has 6 nitrogen and oxygen atoms in total. The normalized spacial score (nSPS) is 10.6. The number of ether oxygens (including phenoxy) is 1. The van der Waals surface area contributed by atoms with Crippen molar-refractivity contribution in [3.05, 3.63) is 59.4 Å². The largest absolute Gasteiger partial charge is 0.496 e. The Kier molecular flexibility index (Phi) is 4.43. The summed E-state index contributed by atoms with van der Waals surface area (Å²) in [6.45, 7) is 1.91. The number of anilines is 1. The lowest BCUT2D eigenvalue weighted by Crippen LogP contribution is -2.18. The van der Waals surface area contributed by atoms with Gasteiger partial charge in [-0.05, 0) is 36.2 Å². The molecule has 0 fully saturated rings. The van der Waals surface area contributed by atoms with Gasteiger partial charge in [0.05, 0.1) is 13.5 Å². The zero-order valence-corrected chi connectivity index (χ0v) is 14.0. The maximum atomic E-state index is 12.4. The van der Waals surface area contributed by atoms with Gasteiger partial charge in [0.2, 0.25) is 11.7 Å². The molecule has 0 unspecified atom stereocenters. The van der Waals surface area contributed by atoms with Crippen LogP contribution in [0.15, 0.2) is 46.9 Å². The second kappa shape index (κ2) is 6.68. The fraction of sp³-hybridized carbons (Fsp3) is 0.158. The Morgan fingerprint density at radius 2 is 1.96 bits per heavy atom. The standard InChI is InChI=1S/C19H18N2O4/c1-11-9-12(7-8-14(11)24-2)10-16(22)21-17-13-5-3-4-6-15(13)25-18(17)19(20)23/h3-9H,10H2,1-2H3,(H2,20,23)(H,21,22). The summed E-state index contributed by atoms with van der Waals surface area (Å²) < 4.78 is 10.7. The van der Waals surface area contributed by atoms with Crippen LogP contribution >= 0.6 is 0 Å². The highest BCUT2D eigenvalue weighted by molar-refractivity contribution is 6.10. The molecule has 0 aliphatic carbocycles. The number of carbonyl (C=O) groups is 2. The zero-order valence-electron chi connectivity index (χ0n) is 14.0. The van der Waals surface area contributed by atoms with Crippen LogP contribution in [0, 0.1) is 6.92 Å². The SMILES string of the molecule is COc1ccc(CC(=O)Nc2c(C(N)=O)oc3ccccc23)cc1C. The first-order valence-corrected chi connectivity index (χ1v) is 7.74. The third kappa shape index (κ3) is 3.33. The molecule has 0 atom stereocenters. The van der Waals surface area contributed by atoms with E-state index in [0.29, 0.717) is 16.7 Å². The monoisotopic (exact) mass is 338 g/mol. The minimum atomic E-state index is -0.730. The molecule has 128 valence electrons. The number of aryl methyl sites for hydroxylation is 1. The summed E-state index contributed by atoms with van der Waals surface area (Å²) in [7, 11) is 1.60. The van der Waals surface area contributed by atoms with Crippen LogP contribution in [-0.2, 0) is 11.2 Å². The van der Waals surface area contributed by atoms with Gasteiger partial charge in [0.15, 0.2) is 0 Å². The summed E-state index contributed by atoms with van der Waals surface area (Å²) in [5.41, 5.74) is 7.94. The molecule has 2 aromatic carbocycles. The van der Waals surface area contributed by atoms with Gasteiger partial charge in [0.1, 0.15) is 17.0 Å². The van der Waals surface area contributed by atoms with Crippen LogP contribution in [-0.4, -0.2) is 18.9 Å². The van der Waals surface area contributed by atoms with Crippen LogP contribution in [0.1, 0.15) is 21.7 Å². The average Bonchev–Trinajstić information content (AvgIpc) is 2.94. The molecule has 0 aliphatic rings. The molecule has 1 heterocycles. The Labute approximate surface area is 144 Å². The number of fused-ring (bicyclic) bond motifs is 1. The summed E-state index contributed by atoms with van der Waals surface area (Å²) in [6.07, 6.45) is 0.155. The van der Waals surface area contributed by atoms with Gasteiger partial charge >= 0.3 is 0 Å². The fourth-order valence-corrected chi connectivity index (χ4v) is 2.76. The molecular weight excluding hydrogens is 320 g/mol. The molecule has 3 aromatic rings. The number of benzene rings is 2. The first-order chi connectivity index (χ1) is 12.0. The number of nitrogens with one attached hydrogen (secondary N) is 1. The molecular formula is C19H18N2O4. The van der Waals surface area contributed by atoms with Gasteiger partial charge in [0, 0.05) is 5.39 Å². The number of amides is 2. The van der Waals surface area contributed by atoms with E-state index in [4.69, 9.17) is 14.9 Å². The minimum absolute atomic E-state index is 0.0551. The summed E-state index contributed by atoms with van der Waals surface area (Å²) in [4.78, 5) is 24.0. The van der Waals surface area contributed by atoms with Crippen molar-refractivity contribution in [3.8, 4) is 5.75 Å². The van der Waals surface area contributed by atoms with Crippen molar-refractivity contribution in [1.82, 2.24) is 0 Å². The van der Waals surface area contributed by atoms with E-state index in [1.54, 1.807) is 31.4 Å². The Morgan fingerprint density at radius 1 is 1.20 bits per heavy atom. The van der Waals surface area contributed by atoms with Crippen LogP contribution in [0.5, 0.6) is 5.75 Å². The Morgan fingerprint density at radius 3 is 2.64 bits per heavy atom. The van der Waals surface area contributed by atoms with Crippen LogP contribution in [0.2, 0.25) is 0 Å². The quantitative estimate of drug-likeness (QED) is 0.747. The van der Waals surface area contributed by atoms with Crippen LogP contribution in [0.4, 0.5) is 5.69 Å². The predicted molar refractivity (Wildman–Crippen MR) is 94.8 cm³/mol. The molecule has 1 aromatic heterocycles. The third-order valence-electron chi connectivity index (χ3n) is 3.91. The molecule has 0 saturated carbocycles. The summed E-state index contributed by atoms with van der Waals surface area (Å²) in [5.74, 6) is -0.285. The molecule has 0 aliphatic heterocycles. The molecule has 3 rings (SSSR count). The predicted octanol–water partition coefficient (Wildman–Crippen LogP) is 3.03. The second-order valence-corrected chi connectivity index (χ2v) is 5.70. The van der Waals surface area contributed by atoms with Crippen molar-refractivity contribution in [2.75, 3.05) is 12.4 Å². The number of hydrogen-bond donors (Lipinski definition) is 2. The van der Waals surface area contributed by atoms with E-state index in [9.17, 15) is 9.59 Å². The number of carbonyl (C=O) groups excluding carboxylic acids is 2. The average molecular weight is 338 g/mol. The maximum Gasteiger partial charge on any atom is 0.286 e. The number of methoxy groups -OCH3 is 1. The number of primary amides is 1. The van der Waals surface area contributed by atoms with E-state index in [0.717, 1.165) is 16.9 Å². The maximum absolute atomic E-state index is 12.4. The van der Waals surface area contributed by atoms with E-state index in [1.807, 2.05) is 25.1 Å². The van der Waals surface area contributed by atoms with Crippen molar-refractivity contribution in [1.29, 1.82) is 0 Å². The molecule has 0 radical (unpaired) electrons. The van der Waals surface area contributed by atoms with Gasteiger partial charge in [-0.2, -0.15) is 0 Å². The van der Waals surface area contributed by atoms with Gasteiger partial charge in [-0.15, -0.1) is 0 Å². The Bertz CT molecular complexity index is 959. The second-order valence-electron chi connectivity index (χ2n) is 5.70. The molecule has 3 N–H and O–H groups in total. The highest BCUT2D eigenvalue weighted by Crippen LogP contribution is 2.30. The number of nitrogens with two attached hydrogens (primary N) is 1. The van der Waals surface area contributed by atoms with Gasteiger partial charge in [-0.3, -0.25) is 9.59 Å². The lowest BCUT2D eigenvalue weighted by molar-refractivity contribution is -0.115. The van der Waals surface area contributed by atoms with Crippen molar-refractivity contribution >= 4 is 28.5 Å². The number of rotatable bonds is 5. The topological polar surface area (TPSA) is 94.6 Å². The summed E-state index contributed by atoms with van der Waals surface area (Å²) in [6, 6.07) is 12.6. The summed E-state index contributed by atoms with van der Waals surface area (Å²) >= 11 is 0. The first-order valence-electron chi connectivity index (χ1n) is 7.74. The lowest BCUT2D eigenvalue weighted by atomic mass is 10.1. The third-order valence-corrected chi connectivity index (χ3v) is 3.91. The van der Waals surface area contributed by atoms with E-state index >= 15 is 0 Å². The van der Waals surface area contributed by atoms with Crippen molar-refractivity contribution in [2.45, 2.75) is 13.3 Å². The first kappa shape index (κ1) is 16.6. The van der Waals surface area contributed by atoms with Crippen molar-refractivity contribution in [3.63, 3.8) is 0 Å². The van der Waals surface area contributed by atoms with Gasteiger partial charge in [-0.25, -0.2) is 0 Å². The van der Waals surface area contributed by atoms with Gasteiger partial charge < -0.3 is 20.2 Å². The molecule has 0 saturated heterocycles. The number of para-hydroxylation sites is 1. The van der Waals surface area contributed by atoms with E-state index in [2.05, 4.69) is 5.32 Å².